The van der Waals surface area contributed by atoms with Gasteiger partial charge in [-0.15, -0.1) is 11.3 Å². The topological polar surface area (TPSA) is 111 Å². The number of carbonyl (C=O) groups is 1. The molecular weight excluding hydrogens is 426 g/mol. The fourth-order valence-corrected chi connectivity index (χ4v) is 4.74. The van der Waals surface area contributed by atoms with Gasteiger partial charge in [-0.25, -0.2) is 14.5 Å². The van der Waals surface area contributed by atoms with Crippen LogP contribution in [0.4, 0.5) is 17.2 Å². The monoisotopic (exact) mass is 449 g/mol. The summed E-state index contributed by atoms with van der Waals surface area (Å²) in [6.07, 6.45) is 3.61. The zero-order chi connectivity index (χ0) is 22.2. The van der Waals surface area contributed by atoms with E-state index in [1.165, 1.54) is 17.7 Å². The molecule has 4 heterocycles. The quantitative estimate of drug-likeness (QED) is 0.481. The van der Waals surface area contributed by atoms with Gasteiger partial charge in [0, 0.05) is 35.4 Å². The number of primary amides is 1. The van der Waals surface area contributed by atoms with Crippen LogP contribution in [0.3, 0.4) is 0 Å². The largest absolute Gasteiger partial charge is 0.372 e. The van der Waals surface area contributed by atoms with Crippen molar-refractivity contribution in [2.75, 3.05) is 23.3 Å². The van der Waals surface area contributed by atoms with E-state index in [0.29, 0.717) is 16.3 Å². The molecule has 9 nitrogen and oxygen atoms in total. The highest BCUT2D eigenvalue weighted by Crippen LogP contribution is 2.29. The molecule has 3 aromatic heterocycles. The highest BCUT2D eigenvalue weighted by atomic mass is 32.1. The maximum Gasteiger partial charge on any atom is 0.258 e. The number of anilines is 3. The number of rotatable bonds is 5. The number of carbonyl (C=O) groups excluding carboxylic acids is 1. The standard InChI is InChI=1S/C22H23N7O2S/c1-13-9-28(10-14(2)31-13)17-5-3-16(4-6-17)27-21-22-25-12-26-29(22)18(8-24-21)15-7-19(20(23)30)32-11-15/h3-8,11-14H,9-10H2,1-2H3,(H2,23,30)(H,24,27)/t13-,14-/m1/s1. The second-order valence-electron chi connectivity index (χ2n) is 7.89. The lowest BCUT2D eigenvalue weighted by Gasteiger charge is -2.36. The first-order chi connectivity index (χ1) is 15.5. The van der Waals surface area contributed by atoms with Gasteiger partial charge < -0.3 is 20.7 Å². The third-order valence-corrected chi connectivity index (χ3v) is 6.30. The molecule has 3 N–H and O–H groups in total. The van der Waals surface area contributed by atoms with E-state index < -0.39 is 5.91 Å². The lowest BCUT2D eigenvalue weighted by Crippen LogP contribution is -2.45. The molecule has 1 aliphatic heterocycles. The van der Waals surface area contributed by atoms with Gasteiger partial charge in [-0.2, -0.15) is 5.10 Å². The number of aromatic nitrogens is 4. The Hall–Kier alpha value is -3.50. The van der Waals surface area contributed by atoms with Crippen LogP contribution in [0.1, 0.15) is 23.5 Å². The molecule has 4 aromatic rings. The molecule has 5 rings (SSSR count). The summed E-state index contributed by atoms with van der Waals surface area (Å²) in [7, 11) is 0. The van der Waals surface area contributed by atoms with Crippen molar-refractivity contribution in [2.45, 2.75) is 26.1 Å². The zero-order valence-corrected chi connectivity index (χ0v) is 18.5. The van der Waals surface area contributed by atoms with Gasteiger partial charge in [0.15, 0.2) is 11.5 Å². The summed E-state index contributed by atoms with van der Waals surface area (Å²) in [6.45, 7) is 5.95. The maximum atomic E-state index is 11.4. The van der Waals surface area contributed by atoms with Crippen molar-refractivity contribution in [1.29, 1.82) is 0 Å². The van der Waals surface area contributed by atoms with Crippen molar-refractivity contribution >= 4 is 40.1 Å². The lowest BCUT2D eigenvalue weighted by molar-refractivity contribution is -0.00521. The number of morpholine rings is 1. The number of amides is 1. The summed E-state index contributed by atoms with van der Waals surface area (Å²) in [5, 5.41) is 9.53. The molecule has 0 bridgehead atoms. The van der Waals surface area contributed by atoms with Crippen LogP contribution in [0.2, 0.25) is 0 Å². The molecule has 0 radical (unpaired) electrons. The molecule has 1 saturated heterocycles. The van der Waals surface area contributed by atoms with Gasteiger partial charge in [0.05, 0.1) is 29.0 Å². The van der Waals surface area contributed by atoms with Crippen molar-refractivity contribution in [2.24, 2.45) is 5.73 Å². The van der Waals surface area contributed by atoms with E-state index in [4.69, 9.17) is 10.5 Å². The van der Waals surface area contributed by atoms with Crippen molar-refractivity contribution < 1.29 is 9.53 Å². The first-order valence-corrected chi connectivity index (χ1v) is 11.2. The summed E-state index contributed by atoms with van der Waals surface area (Å²) < 4.78 is 7.53. The van der Waals surface area contributed by atoms with Gasteiger partial charge in [0.1, 0.15) is 6.33 Å². The van der Waals surface area contributed by atoms with Crippen LogP contribution >= 0.6 is 11.3 Å². The summed E-state index contributed by atoms with van der Waals surface area (Å²) in [5.41, 5.74) is 9.59. The molecule has 0 aliphatic carbocycles. The van der Waals surface area contributed by atoms with Crippen LogP contribution < -0.4 is 16.0 Å². The smallest absolute Gasteiger partial charge is 0.258 e. The minimum Gasteiger partial charge on any atom is -0.372 e. The van der Waals surface area contributed by atoms with Gasteiger partial charge >= 0.3 is 0 Å². The Morgan fingerprint density at radius 2 is 1.94 bits per heavy atom. The predicted molar refractivity (Wildman–Crippen MR) is 125 cm³/mol. The van der Waals surface area contributed by atoms with Gasteiger partial charge in [-0.3, -0.25) is 4.79 Å². The van der Waals surface area contributed by atoms with Crippen LogP contribution in [0, 0.1) is 0 Å². The number of benzene rings is 1. The summed E-state index contributed by atoms with van der Waals surface area (Å²) in [6, 6.07) is 9.99. The Morgan fingerprint density at radius 1 is 1.19 bits per heavy atom. The molecule has 164 valence electrons. The minimum atomic E-state index is -0.452. The molecule has 1 aromatic carbocycles. The van der Waals surface area contributed by atoms with E-state index in [1.54, 1.807) is 16.8 Å². The minimum absolute atomic E-state index is 0.211. The second-order valence-corrected chi connectivity index (χ2v) is 8.80. The van der Waals surface area contributed by atoms with E-state index in [1.807, 2.05) is 17.5 Å². The summed E-state index contributed by atoms with van der Waals surface area (Å²) in [5.74, 6) is 0.143. The van der Waals surface area contributed by atoms with Crippen LogP contribution in [0.5, 0.6) is 0 Å². The van der Waals surface area contributed by atoms with Gasteiger partial charge in [-0.05, 0) is 44.2 Å². The maximum absolute atomic E-state index is 11.4. The molecule has 32 heavy (non-hydrogen) atoms. The SMILES string of the molecule is C[C@@H]1CN(c2ccc(Nc3ncc(-c4csc(C(N)=O)c4)n4ncnc34)cc2)C[C@@H](C)O1. The number of nitrogens with zero attached hydrogens (tertiary/aromatic N) is 5. The highest BCUT2D eigenvalue weighted by molar-refractivity contribution is 7.12. The van der Waals surface area contributed by atoms with Crippen LogP contribution in [0.25, 0.3) is 16.9 Å². The average molecular weight is 450 g/mol. The number of fused-ring (bicyclic) bond motifs is 1. The molecule has 0 unspecified atom stereocenters. The normalized spacial score (nSPS) is 18.8. The molecule has 10 heteroatoms. The van der Waals surface area contributed by atoms with Crippen LogP contribution in [-0.4, -0.2) is 50.8 Å². The average Bonchev–Trinajstić information content (AvgIpc) is 3.44. The van der Waals surface area contributed by atoms with E-state index in [0.717, 1.165) is 35.7 Å². The Morgan fingerprint density at radius 3 is 2.62 bits per heavy atom. The van der Waals surface area contributed by atoms with Gasteiger partial charge in [0.2, 0.25) is 0 Å². The molecule has 1 amide bonds. The molecular formula is C22H23N7O2S. The molecule has 1 aliphatic rings. The zero-order valence-electron chi connectivity index (χ0n) is 17.7. The summed E-state index contributed by atoms with van der Waals surface area (Å²) in [4.78, 5) is 23.2. The molecule has 2 atom stereocenters. The van der Waals surface area contributed by atoms with Crippen molar-refractivity contribution in [3.05, 3.63) is 53.1 Å². The third-order valence-electron chi connectivity index (χ3n) is 5.36. The second kappa shape index (κ2) is 8.21. The first kappa shape index (κ1) is 20.4. The fourth-order valence-electron chi connectivity index (χ4n) is 3.98. The van der Waals surface area contributed by atoms with E-state index in [9.17, 15) is 4.79 Å². The summed E-state index contributed by atoms with van der Waals surface area (Å²) >= 11 is 1.29. The van der Waals surface area contributed by atoms with Crippen molar-refractivity contribution in [3.8, 4) is 11.3 Å². The third kappa shape index (κ3) is 3.90. The molecule has 1 fully saturated rings. The molecule has 0 saturated carbocycles. The molecule has 0 spiro atoms. The number of nitrogens with one attached hydrogen (secondary N) is 1. The Kier molecular flexibility index (Phi) is 5.24. The van der Waals surface area contributed by atoms with Gasteiger partial charge in [0.25, 0.3) is 5.91 Å². The van der Waals surface area contributed by atoms with E-state index in [-0.39, 0.29) is 12.2 Å². The lowest BCUT2D eigenvalue weighted by atomic mass is 10.2. The number of thiophene rings is 1. The number of hydrogen-bond acceptors (Lipinski definition) is 8. The number of ether oxygens (including phenoxy) is 1. The van der Waals surface area contributed by atoms with Crippen molar-refractivity contribution in [3.63, 3.8) is 0 Å². The number of hydrogen-bond donors (Lipinski definition) is 2. The van der Waals surface area contributed by atoms with E-state index in [2.05, 4.69) is 51.3 Å². The number of nitrogens with two attached hydrogens (primary N) is 1. The highest BCUT2D eigenvalue weighted by Gasteiger charge is 2.22. The van der Waals surface area contributed by atoms with Crippen LogP contribution in [0.15, 0.2) is 48.2 Å². The Labute approximate surface area is 188 Å². The Balaban J connectivity index is 1.39. The Bertz CT molecular complexity index is 1260. The van der Waals surface area contributed by atoms with E-state index >= 15 is 0 Å². The first-order valence-electron chi connectivity index (χ1n) is 10.3. The van der Waals surface area contributed by atoms with Crippen molar-refractivity contribution in [1.82, 2.24) is 19.6 Å². The van der Waals surface area contributed by atoms with Crippen LogP contribution in [-0.2, 0) is 4.74 Å². The fraction of sp³-hybridized carbons (Fsp3) is 0.273. The predicted octanol–water partition coefficient (Wildman–Crippen LogP) is 3.31. The van der Waals surface area contributed by atoms with Gasteiger partial charge in [-0.1, -0.05) is 0 Å².